The molecular weight excluding hydrogens is 372 g/mol. The van der Waals surface area contributed by atoms with E-state index in [1.165, 1.54) is 15.7 Å². The fourth-order valence-electron chi connectivity index (χ4n) is 3.07. The number of fused-ring (bicyclic) bond motifs is 1. The summed E-state index contributed by atoms with van der Waals surface area (Å²) in [5.41, 5.74) is 3.36. The molecule has 2 heterocycles. The molecule has 0 amide bonds. The van der Waals surface area contributed by atoms with E-state index in [2.05, 4.69) is 22.1 Å². The molecule has 0 aliphatic carbocycles. The van der Waals surface area contributed by atoms with Gasteiger partial charge in [0, 0.05) is 12.8 Å². The van der Waals surface area contributed by atoms with Gasteiger partial charge in [-0.1, -0.05) is 71.9 Å². The van der Waals surface area contributed by atoms with E-state index in [9.17, 15) is 9.59 Å². The first-order valence-corrected chi connectivity index (χ1v) is 9.93. The molecule has 142 valence electrons. The third-order valence-electron chi connectivity index (χ3n) is 4.64. The molecule has 0 unspecified atom stereocenters. The number of nitrogens with one attached hydrogen (secondary N) is 1. The molecule has 0 atom stereocenters. The number of H-pyrrole nitrogens is 1. The van der Waals surface area contributed by atoms with Crippen molar-refractivity contribution in [2.75, 3.05) is 0 Å². The van der Waals surface area contributed by atoms with Crippen molar-refractivity contribution in [1.29, 1.82) is 0 Å². The zero-order chi connectivity index (χ0) is 19.7. The van der Waals surface area contributed by atoms with Crippen LogP contribution < -0.4 is 11.2 Å². The molecule has 4 aromatic rings. The van der Waals surface area contributed by atoms with Crippen molar-refractivity contribution in [2.45, 2.75) is 24.4 Å². The predicted molar refractivity (Wildman–Crippen MR) is 112 cm³/mol. The normalized spacial score (nSPS) is 11.2. The van der Waals surface area contributed by atoms with Gasteiger partial charge in [-0.15, -0.1) is 0 Å². The smallest absolute Gasteiger partial charge is 0.309 e. The van der Waals surface area contributed by atoms with Crippen LogP contribution in [0.3, 0.4) is 0 Å². The molecule has 2 aromatic carbocycles. The summed E-state index contributed by atoms with van der Waals surface area (Å²) in [6.45, 7) is 2.55. The Bertz CT molecular complexity index is 1240. The molecule has 7 heteroatoms. The fourth-order valence-corrected chi connectivity index (χ4v) is 4.02. The van der Waals surface area contributed by atoms with Gasteiger partial charge in [0.05, 0.1) is 6.54 Å². The lowest BCUT2D eigenvalue weighted by atomic mass is 10.1. The third-order valence-corrected chi connectivity index (χ3v) is 5.69. The Hall–Kier alpha value is -3.06. The van der Waals surface area contributed by atoms with Crippen LogP contribution in [-0.2, 0) is 19.3 Å². The summed E-state index contributed by atoms with van der Waals surface area (Å²) < 4.78 is 3.28. The minimum absolute atomic E-state index is 0.399. The van der Waals surface area contributed by atoms with E-state index >= 15 is 0 Å². The van der Waals surface area contributed by atoms with Crippen molar-refractivity contribution in [1.82, 2.24) is 19.1 Å². The van der Waals surface area contributed by atoms with E-state index in [-0.39, 0.29) is 0 Å². The van der Waals surface area contributed by atoms with Gasteiger partial charge in [-0.25, -0.2) is 9.78 Å². The molecule has 2 aromatic heterocycles. The molecule has 0 bridgehead atoms. The van der Waals surface area contributed by atoms with Gasteiger partial charge in [0.25, 0.3) is 5.56 Å². The summed E-state index contributed by atoms with van der Waals surface area (Å²) in [6, 6.07) is 18.3. The molecule has 0 saturated heterocycles. The van der Waals surface area contributed by atoms with E-state index in [0.29, 0.717) is 22.9 Å². The van der Waals surface area contributed by atoms with E-state index < -0.39 is 11.2 Å². The SMILES string of the molecule is Cc1ccc(Cn2c(SCc3ccccc3)nc3c2c(=O)[nH]c(=O)n3C)cc1. The van der Waals surface area contributed by atoms with Crippen molar-refractivity contribution in [3.05, 3.63) is 92.1 Å². The minimum Gasteiger partial charge on any atom is -0.309 e. The summed E-state index contributed by atoms with van der Waals surface area (Å²) in [5, 5.41) is 0.714. The highest BCUT2D eigenvalue weighted by Crippen LogP contribution is 2.26. The predicted octanol–water partition coefficient (Wildman–Crippen LogP) is 3.07. The molecule has 28 heavy (non-hydrogen) atoms. The number of aromatic amines is 1. The van der Waals surface area contributed by atoms with E-state index in [1.54, 1.807) is 18.8 Å². The van der Waals surface area contributed by atoms with Crippen LogP contribution in [0.4, 0.5) is 0 Å². The van der Waals surface area contributed by atoms with Gasteiger partial charge < -0.3 is 4.57 Å². The highest BCUT2D eigenvalue weighted by atomic mass is 32.2. The van der Waals surface area contributed by atoms with Crippen LogP contribution in [-0.4, -0.2) is 19.1 Å². The number of aryl methyl sites for hydroxylation is 2. The second kappa shape index (κ2) is 7.52. The van der Waals surface area contributed by atoms with Gasteiger partial charge in [0.1, 0.15) is 0 Å². The highest BCUT2D eigenvalue weighted by molar-refractivity contribution is 7.98. The maximum Gasteiger partial charge on any atom is 0.329 e. The van der Waals surface area contributed by atoms with Gasteiger partial charge in [-0.05, 0) is 18.1 Å². The second-order valence-corrected chi connectivity index (χ2v) is 7.67. The van der Waals surface area contributed by atoms with Crippen molar-refractivity contribution >= 4 is 22.9 Å². The summed E-state index contributed by atoms with van der Waals surface area (Å²) in [5.74, 6) is 0.726. The summed E-state index contributed by atoms with van der Waals surface area (Å²) in [4.78, 5) is 31.6. The van der Waals surface area contributed by atoms with Gasteiger partial charge >= 0.3 is 5.69 Å². The highest BCUT2D eigenvalue weighted by Gasteiger charge is 2.18. The average Bonchev–Trinajstić information content (AvgIpc) is 3.06. The lowest BCUT2D eigenvalue weighted by Crippen LogP contribution is -2.29. The van der Waals surface area contributed by atoms with Crippen LogP contribution in [0.5, 0.6) is 0 Å². The van der Waals surface area contributed by atoms with Crippen LogP contribution >= 0.6 is 11.8 Å². The topological polar surface area (TPSA) is 72.7 Å². The van der Waals surface area contributed by atoms with Crippen molar-refractivity contribution < 1.29 is 0 Å². The first-order valence-electron chi connectivity index (χ1n) is 8.95. The number of benzene rings is 2. The summed E-state index contributed by atoms with van der Waals surface area (Å²) >= 11 is 1.56. The van der Waals surface area contributed by atoms with E-state index in [0.717, 1.165) is 11.3 Å². The number of rotatable bonds is 5. The first-order chi connectivity index (χ1) is 13.5. The molecule has 6 nitrogen and oxygen atoms in total. The fraction of sp³-hybridized carbons (Fsp3) is 0.190. The van der Waals surface area contributed by atoms with Crippen LogP contribution in [0.2, 0.25) is 0 Å². The van der Waals surface area contributed by atoms with Gasteiger partial charge in [0.2, 0.25) is 0 Å². The standard InChI is InChI=1S/C21H20N4O2S/c1-14-8-10-15(11-9-14)12-25-17-18(24(2)20(27)23-19(17)26)22-21(25)28-13-16-6-4-3-5-7-16/h3-11H,12-13H2,1-2H3,(H,23,26,27). The quantitative estimate of drug-likeness (QED) is 0.530. The Morgan fingerprint density at radius 2 is 1.71 bits per heavy atom. The third kappa shape index (κ3) is 3.53. The number of thioether (sulfide) groups is 1. The summed E-state index contributed by atoms with van der Waals surface area (Å²) in [7, 11) is 1.62. The molecule has 0 saturated carbocycles. The zero-order valence-corrected chi connectivity index (χ0v) is 16.5. The maximum absolute atomic E-state index is 12.6. The van der Waals surface area contributed by atoms with Crippen LogP contribution in [0.25, 0.3) is 11.2 Å². The van der Waals surface area contributed by atoms with Crippen LogP contribution in [0.15, 0.2) is 69.3 Å². The molecule has 1 N–H and O–H groups in total. The van der Waals surface area contributed by atoms with E-state index in [4.69, 9.17) is 0 Å². The van der Waals surface area contributed by atoms with Crippen molar-refractivity contribution in [3.63, 3.8) is 0 Å². The van der Waals surface area contributed by atoms with Crippen molar-refractivity contribution in [3.8, 4) is 0 Å². The van der Waals surface area contributed by atoms with Gasteiger partial charge in [-0.2, -0.15) is 0 Å². The molecular formula is C21H20N4O2S. The Kier molecular flexibility index (Phi) is 4.92. The number of hydrogen-bond acceptors (Lipinski definition) is 4. The molecule has 4 rings (SSSR count). The van der Waals surface area contributed by atoms with Gasteiger partial charge in [0.15, 0.2) is 16.3 Å². The Labute approximate surface area is 165 Å². The van der Waals surface area contributed by atoms with Crippen LogP contribution in [0.1, 0.15) is 16.7 Å². The summed E-state index contributed by atoms with van der Waals surface area (Å²) in [6.07, 6.45) is 0. The number of aromatic nitrogens is 4. The Balaban J connectivity index is 1.81. The average molecular weight is 392 g/mol. The first kappa shape index (κ1) is 18.3. The lowest BCUT2D eigenvalue weighted by molar-refractivity contribution is 0.728. The number of hydrogen-bond donors (Lipinski definition) is 1. The Morgan fingerprint density at radius 1 is 1.00 bits per heavy atom. The molecule has 0 aliphatic rings. The van der Waals surface area contributed by atoms with Crippen molar-refractivity contribution in [2.24, 2.45) is 7.05 Å². The largest absolute Gasteiger partial charge is 0.329 e. The van der Waals surface area contributed by atoms with Crippen LogP contribution in [0, 0.1) is 6.92 Å². The molecule has 0 aliphatic heterocycles. The lowest BCUT2D eigenvalue weighted by Gasteiger charge is -2.09. The maximum atomic E-state index is 12.6. The van der Waals surface area contributed by atoms with Gasteiger partial charge in [-0.3, -0.25) is 14.3 Å². The minimum atomic E-state index is -0.461. The number of imidazole rings is 1. The molecule has 0 spiro atoms. The van der Waals surface area contributed by atoms with E-state index in [1.807, 2.05) is 54.0 Å². The Morgan fingerprint density at radius 3 is 2.43 bits per heavy atom. The number of nitrogens with zero attached hydrogens (tertiary/aromatic N) is 3. The molecule has 0 fully saturated rings. The molecule has 0 radical (unpaired) electrons. The zero-order valence-electron chi connectivity index (χ0n) is 15.7. The monoisotopic (exact) mass is 392 g/mol. The second-order valence-electron chi connectivity index (χ2n) is 6.73.